The molecule has 0 aliphatic heterocycles. The zero-order chi connectivity index (χ0) is 13.1. The SMILES string of the molecule is CC(C)n1cc([N+](=O)[O-])c(NC2CCCCC2)n1. The maximum atomic E-state index is 11.0. The molecule has 1 heterocycles. The predicted molar refractivity (Wildman–Crippen MR) is 69.8 cm³/mol. The van der Waals surface area contributed by atoms with Gasteiger partial charge in [-0.2, -0.15) is 0 Å². The van der Waals surface area contributed by atoms with Gasteiger partial charge in [0.2, 0.25) is 5.82 Å². The van der Waals surface area contributed by atoms with Gasteiger partial charge in [0.15, 0.2) is 0 Å². The Morgan fingerprint density at radius 1 is 1.44 bits per heavy atom. The van der Waals surface area contributed by atoms with E-state index < -0.39 is 0 Å². The third-order valence-electron chi connectivity index (χ3n) is 3.38. The van der Waals surface area contributed by atoms with E-state index in [0.717, 1.165) is 12.8 Å². The minimum Gasteiger partial charge on any atom is -0.360 e. The lowest BCUT2D eigenvalue weighted by Gasteiger charge is -2.22. The fraction of sp³-hybridized carbons (Fsp3) is 0.750. The third-order valence-corrected chi connectivity index (χ3v) is 3.38. The average Bonchev–Trinajstić information content (AvgIpc) is 2.74. The van der Waals surface area contributed by atoms with Crippen molar-refractivity contribution in [2.24, 2.45) is 0 Å². The molecule has 0 saturated heterocycles. The van der Waals surface area contributed by atoms with Gasteiger partial charge in [-0.3, -0.25) is 14.8 Å². The van der Waals surface area contributed by atoms with E-state index in [2.05, 4.69) is 10.4 Å². The molecule has 2 rings (SSSR count). The van der Waals surface area contributed by atoms with Crippen molar-refractivity contribution in [3.05, 3.63) is 16.3 Å². The number of hydrogen-bond acceptors (Lipinski definition) is 4. The Labute approximate surface area is 107 Å². The molecule has 1 fully saturated rings. The highest BCUT2D eigenvalue weighted by atomic mass is 16.6. The molecule has 0 bridgehead atoms. The molecule has 1 aliphatic carbocycles. The molecular formula is C12H20N4O2. The second-order valence-electron chi connectivity index (χ2n) is 5.17. The van der Waals surface area contributed by atoms with Crippen molar-refractivity contribution in [2.75, 3.05) is 5.32 Å². The molecule has 0 atom stereocenters. The summed E-state index contributed by atoms with van der Waals surface area (Å²) < 4.78 is 1.64. The Balaban J connectivity index is 2.16. The Morgan fingerprint density at radius 2 is 2.11 bits per heavy atom. The number of aromatic nitrogens is 2. The zero-order valence-electron chi connectivity index (χ0n) is 10.9. The van der Waals surface area contributed by atoms with Crippen molar-refractivity contribution in [2.45, 2.75) is 58.0 Å². The van der Waals surface area contributed by atoms with Crippen LogP contribution in [0.1, 0.15) is 52.0 Å². The van der Waals surface area contributed by atoms with Crippen molar-refractivity contribution in [1.29, 1.82) is 0 Å². The predicted octanol–water partition coefficient (Wildman–Crippen LogP) is 3.12. The summed E-state index contributed by atoms with van der Waals surface area (Å²) in [7, 11) is 0. The van der Waals surface area contributed by atoms with Crippen LogP contribution >= 0.6 is 0 Å². The minimum atomic E-state index is -0.364. The quantitative estimate of drug-likeness (QED) is 0.660. The van der Waals surface area contributed by atoms with E-state index in [4.69, 9.17) is 0 Å². The summed E-state index contributed by atoms with van der Waals surface area (Å²) in [6, 6.07) is 0.457. The van der Waals surface area contributed by atoms with Crippen LogP contribution in [0.25, 0.3) is 0 Å². The molecule has 0 amide bonds. The van der Waals surface area contributed by atoms with Gasteiger partial charge in [0.1, 0.15) is 6.20 Å². The lowest BCUT2D eigenvalue weighted by atomic mass is 9.95. The maximum Gasteiger partial charge on any atom is 0.330 e. The molecule has 6 nitrogen and oxygen atoms in total. The van der Waals surface area contributed by atoms with E-state index in [0.29, 0.717) is 11.9 Å². The van der Waals surface area contributed by atoms with E-state index in [9.17, 15) is 10.1 Å². The molecule has 100 valence electrons. The van der Waals surface area contributed by atoms with Gasteiger partial charge in [0.25, 0.3) is 0 Å². The second-order valence-corrected chi connectivity index (χ2v) is 5.17. The van der Waals surface area contributed by atoms with Gasteiger partial charge in [-0.25, -0.2) is 0 Å². The molecule has 1 N–H and O–H groups in total. The highest BCUT2D eigenvalue weighted by Crippen LogP contribution is 2.28. The van der Waals surface area contributed by atoms with Gasteiger partial charge in [-0.1, -0.05) is 19.3 Å². The van der Waals surface area contributed by atoms with Gasteiger partial charge in [0, 0.05) is 12.1 Å². The standard InChI is InChI=1S/C12H20N4O2/c1-9(2)15-8-11(16(17)18)12(14-15)13-10-6-4-3-5-7-10/h8-10H,3-7H2,1-2H3,(H,13,14). The van der Waals surface area contributed by atoms with Crippen LogP contribution in [0.5, 0.6) is 0 Å². The molecular weight excluding hydrogens is 232 g/mol. The average molecular weight is 252 g/mol. The van der Waals surface area contributed by atoms with Crippen molar-refractivity contribution < 1.29 is 4.92 Å². The van der Waals surface area contributed by atoms with Gasteiger partial charge in [-0.05, 0) is 26.7 Å². The van der Waals surface area contributed by atoms with Crippen LogP contribution in [0.2, 0.25) is 0 Å². The summed E-state index contributed by atoms with van der Waals surface area (Å²) in [5.41, 5.74) is 0.0780. The van der Waals surface area contributed by atoms with Crippen LogP contribution in [-0.2, 0) is 0 Å². The van der Waals surface area contributed by atoms with Crippen LogP contribution in [0.15, 0.2) is 6.20 Å². The molecule has 0 aromatic carbocycles. The van der Waals surface area contributed by atoms with Crippen molar-refractivity contribution >= 4 is 11.5 Å². The summed E-state index contributed by atoms with van der Waals surface area (Å²) >= 11 is 0. The smallest absolute Gasteiger partial charge is 0.330 e. The zero-order valence-corrected chi connectivity index (χ0v) is 10.9. The number of nitrogens with zero attached hydrogens (tertiary/aromatic N) is 3. The second kappa shape index (κ2) is 5.37. The van der Waals surface area contributed by atoms with E-state index >= 15 is 0 Å². The summed E-state index contributed by atoms with van der Waals surface area (Å²) in [6.07, 6.45) is 7.31. The first kappa shape index (κ1) is 12.9. The van der Waals surface area contributed by atoms with Gasteiger partial charge < -0.3 is 5.32 Å². The molecule has 18 heavy (non-hydrogen) atoms. The Kier molecular flexibility index (Phi) is 3.84. The van der Waals surface area contributed by atoms with Crippen LogP contribution in [0, 0.1) is 10.1 Å². The molecule has 6 heteroatoms. The van der Waals surface area contributed by atoms with E-state index in [1.54, 1.807) is 4.68 Å². The Morgan fingerprint density at radius 3 is 2.67 bits per heavy atom. The van der Waals surface area contributed by atoms with Gasteiger partial charge in [0.05, 0.1) is 4.92 Å². The summed E-state index contributed by atoms with van der Waals surface area (Å²) in [4.78, 5) is 10.6. The fourth-order valence-electron chi connectivity index (χ4n) is 2.32. The summed E-state index contributed by atoms with van der Waals surface area (Å²) in [5, 5.41) is 18.5. The van der Waals surface area contributed by atoms with E-state index in [1.165, 1.54) is 25.5 Å². The largest absolute Gasteiger partial charge is 0.360 e. The molecule has 0 spiro atoms. The van der Waals surface area contributed by atoms with Crippen molar-refractivity contribution in [3.8, 4) is 0 Å². The van der Waals surface area contributed by atoms with Gasteiger partial charge in [-0.15, -0.1) is 5.10 Å². The molecule has 1 saturated carbocycles. The fourth-order valence-corrected chi connectivity index (χ4v) is 2.32. The minimum absolute atomic E-state index is 0.0780. The number of hydrogen-bond donors (Lipinski definition) is 1. The molecule has 0 radical (unpaired) electrons. The molecule has 1 aliphatic rings. The highest BCUT2D eigenvalue weighted by molar-refractivity contribution is 5.55. The molecule has 1 aromatic heterocycles. The van der Waals surface area contributed by atoms with Crippen molar-refractivity contribution in [3.63, 3.8) is 0 Å². The first-order chi connectivity index (χ1) is 8.58. The number of nitro groups is 1. The Hall–Kier alpha value is -1.59. The van der Waals surface area contributed by atoms with E-state index in [1.807, 2.05) is 13.8 Å². The van der Waals surface area contributed by atoms with Crippen LogP contribution < -0.4 is 5.32 Å². The van der Waals surface area contributed by atoms with Crippen LogP contribution in [0.3, 0.4) is 0 Å². The molecule has 0 unspecified atom stereocenters. The normalized spacial score (nSPS) is 17.1. The number of nitrogens with one attached hydrogen (secondary N) is 1. The Bertz CT molecular complexity index is 422. The highest BCUT2D eigenvalue weighted by Gasteiger charge is 2.23. The monoisotopic (exact) mass is 252 g/mol. The first-order valence-corrected chi connectivity index (χ1v) is 6.58. The number of anilines is 1. The number of rotatable bonds is 4. The van der Waals surface area contributed by atoms with Crippen molar-refractivity contribution in [1.82, 2.24) is 9.78 Å². The van der Waals surface area contributed by atoms with Gasteiger partial charge >= 0.3 is 5.69 Å². The van der Waals surface area contributed by atoms with E-state index in [-0.39, 0.29) is 16.7 Å². The summed E-state index contributed by atoms with van der Waals surface area (Å²) in [6.45, 7) is 3.92. The van der Waals surface area contributed by atoms with Crippen LogP contribution in [-0.4, -0.2) is 20.7 Å². The lowest BCUT2D eigenvalue weighted by molar-refractivity contribution is -0.384. The first-order valence-electron chi connectivity index (χ1n) is 6.58. The lowest BCUT2D eigenvalue weighted by Crippen LogP contribution is -2.23. The van der Waals surface area contributed by atoms with Crippen LogP contribution in [0.4, 0.5) is 11.5 Å². The maximum absolute atomic E-state index is 11.0. The molecule has 1 aromatic rings. The summed E-state index contributed by atoms with van der Waals surface area (Å²) in [5.74, 6) is 0.417. The third kappa shape index (κ3) is 2.80. The topological polar surface area (TPSA) is 73.0 Å².